The smallest absolute Gasteiger partial charge is 0.407 e. The third-order valence-electron chi connectivity index (χ3n) is 3.03. The van der Waals surface area contributed by atoms with Crippen molar-refractivity contribution in [1.29, 1.82) is 0 Å². The summed E-state index contributed by atoms with van der Waals surface area (Å²) >= 11 is 0. The van der Waals surface area contributed by atoms with Gasteiger partial charge in [-0.15, -0.1) is 0 Å². The van der Waals surface area contributed by atoms with E-state index in [4.69, 9.17) is 4.74 Å². The molecule has 0 aliphatic carbocycles. The Hall–Kier alpha value is -1.55. The molecule has 4 heteroatoms. The van der Waals surface area contributed by atoms with Crippen LogP contribution in [0.1, 0.15) is 51.8 Å². The maximum Gasteiger partial charge on any atom is 0.407 e. The molecule has 0 fully saturated rings. The van der Waals surface area contributed by atoms with Gasteiger partial charge >= 0.3 is 6.09 Å². The minimum absolute atomic E-state index is 0.160. The van der Waals surface area contributed by atoms with Crippen molar-refractivity contribution in [2.45, 2.75) is 59.2 Å². The van der Waals surface area contributed by atoms with Gasteiger partial charge in [-0.05, 0) is 47.1 Å². The first kappa shape index (κ1) is 17.5. The van der Waals surface area contributed by atoms with Crippen LogP contribution in [0.5, 0.6) is 0 Å². The molecule has 2 atom stereocenters. The van der Waals surface area contributed by atoms with E-state index in [9.17, 15) is 4.79 Å². The van der Waals surface area contributed by atoms with Gasteiger partial charge in [-0.25, -0.2) is 4.79 Å². The van der Waals surface area contributed by atoms with Crippen LogP contribution in [0.25, 0.3) is 0 Å². The summed E-state index contributed by atoms with van der Waals surface area (Å²) in [5.41, 5.74) is 2.04. The van der Waals surface area contributed by atoms with E-state index in [0.29, 0.717) is 6.54 Å². The second-order valence-corrected chi connectivity index (χ2v) is 6.59. The Bertz CT molecular complexity index is 466. The molecule has 0 saturated carbocycles. The second kappa shape index (κ2) is 7.46. The van der Waals surface area contributed by atoms with E-state index < -0.39 is 5.60 Å². The highest BCUT2D eigenvalue weighted by Crippen LogP contribution is 2.14. The predicted molar refractivity (Wildman–Crippen MR) is 86.4 cm³/mol. The van der Waals surface area contributed by atoms with Crippen molar-refractivity contribution < 1.29 is 9.53 Å². The molecule has 0 saturated heterocycles. The zero-order valence-electron chi connectivity index (χ0n) is 14.0. The van der Waals surface area contributed by atoms with Crippen LogP contribution < -0.4 is 10.6 Å². The maximum atomic E-state index is 11.6. The minimum atomic E-state index is -0.463. The SMILES string of the molecule is Cc1cccc([C@H](C)NC(C)CNC(=O)OC(C)(C)C)c1. The largest absolute Gasteiger partial charge is 0.444 e. The van der Waals surface area contributed by atoms with Crippen molar-refractivity contribution in [1.82, 2.24) is 10.6 Å². The fourth-order valence-electron chi connectivity index (χ4n) is 2.07. The highest BCUT2D eigenvalue weighted by molar-refractivity contribution is 5.67. The number of amides is 1. The summed E-state index contributed by atoms with van der Waals surface area (Å²) in [6, 6.07) is 8.83. The number of carbonyl (C=O) groups is 1. The second-order valence-electron chi connectivity index (χ2n) is 6.59. The lowest BCUT2D eigenvalue weighted by Gasteiger charge is -2.23. The predicted octanol–water partition coefficient (Wildman–Crippen LogP) is 3.56. The van der Waals surface area contributed by atoms with Crippen molar-refractivity contribution in [2.24, 2.45) is 0 Å². The fourth-order valence-corrected chi connectivity index (χ4v) is 2.07. The van der Waals surface area contributed by atoms with Gasteiger partial charge in [-0.3, -0.25) is 0 Å². The zero-order chi connectivity index (χ0) is 16.0. The molecule has 21 heavy (non-hydrogen) atoms. The fraction of sp³-hybridized carbons (Fsp3) is 0.588. The van der Waals surface area contributed by atoms with Crippen molar-refractivity contribution in [3.63, 3.8) is 0 Å². The quantitative estimate of drug-likeness (QED) is 0.872. The number of rotatable bonds is 5. The summed E-state index contributed by atoms with van der Waals surface area (Å²) in [6.45, 7) is 12.4. The standard InChI is InChI=1S/C17H28N2O2/c1-12-8-7-9-15(10-12)14(3)19-13(2)11-18-16(20)21-17(4,5)6/h7-10,13-14,19H,11H2,1-6H3,(H,18,20)/t13?,14-/m0/s1. The van der Waals surface area contributed by atoms with E-state index >= 15 is 0 Å². The monoisotopic (exact) mass is 292 g/mol. The van der Waals surface area contributed by atoms with Gasteiger partial charge in [0.15, 0.2) is 0 Å². The summed E-state index contributed by atoms with van der Waals surface area (Å²) in [7, 11) is 0. The zero-order valence-corrected chi connectivity index (χ0v) is 14.0. The van der Waals surface area contributed by atoms with Gasteiger partial charge in [-0.1, -0.05) is 29.8 Å². The normalized spacial score (nSPS) is 14.4. The van der Waals surface area contributed by atoms with Crippen LogP contribution in [0.15, 0.2) is 24.3 Å². The number of benzene rings is 1. The van der Waals surface area contributed by atoms with Crippen molar-refractivity contribution in [3.05, 3.63) is 35.4 Å². The van der Waals surface area contributed by atoms with Crippen LogP contribution in [0, 0.1) is 6.92 Å². The lowest BCUT2D eigenvalue weighted by molar-refractivity contribution is 0.0522. The Morgan fingerprint density at radius 1 is 1.29 bits per heavy atom. The van der Waals surface area contributed by atoms with Crippen LogP contribution in [0.4, 0.5) is 4.79 Å². The van der Waals surface area contributed by atoms with Crippen LogP contribution in [-0.2, 0) is 4.74 Å². The summed E-state index contributed by atoms with van der Waals surface area (Å²) in [4.78, 5) is 11.6. The van der Waals surface area contributed by atoms with Gasteiger partial charge < -0.3 is 15.4 Å². The molecule has 1 aromatic rings. The molecule has 0 aliphatic rings. The molecule has 118 valence electrons. The van der Waals surface area contributed by atoms with E-state index in [-0.39, 0.29) is 18.2 Å². The number of hydrogen-bond donors (Lipinski definition) is 2. The lowest BCUT2D eigenvalue weighted by atomic mass is 10.1. The maximum absolute atomic E-state index is 11.6. The van der Waals surface area contributed by atoms with Gasteiger partial charge in [0, 0.05) is 18.6 Å². The molecule has 1 rings (SSSR count). The molecule has 0 heterocycles. The van der Waals surface area contributed by atoms with Crippen LogP contribution in [-0.4, -0.2) is 24.3 Å². The molecule has 1 amide bonds. The molecule has 1 aromatic carbocycles. The first-order valence-corrected chi connectivity index (χ1v) is 7.47. The molecule has 2 N–H and O–H groups in total. The Morgan fingerprint density at radius 2 is 1.95 bits per heavy atom. The summed E-state index contributed by atoms with van der Waals surface area (Å²) in [5, 5.41) is 6.25. The summed E-state index contributed by atoms with van der Waals surface area (Å²) < 4.78 is 5.22. The molecule has 1 unspecified atom stereocenters. The van der Waals surface area contributed by atoms with Crippen molar-refractivity contribution in [2.75, 3.05) is 6.54 Å². The van der Waals surface area contributed by atoms with E-state index in [0.717, 1.165) is 0 Å². The summed E-state index contributed by atoms with van der Waals surface area (Å²) in [6.07, 6.45) is -0.376. The number of ether oxygens (including phenoxy) is 1. The Balaban J connectivity index is 2.40. The number of nitrogens with one attached hydrogen (secondary N) is 2. The highest BCUT2D eigenvalue weighted by Gasteiger charge is 2.17. The molecule has 0 bridgehead atoms. The van der Waals surface area contributed by atoms with E-state index in [1.54, 1.807) is 0 Å². The number of hydrogen-bond acceptors (Lipinski definition) is 3. The molecular weight excluding hydrogens is 264 g/mol. The van der Waals surface area contributed by atoms with E-state index in [1.807, 2.05) is 27.7 Å². The third-order valence-corrected chi connectivity index (χ3v) is 3.03. The Kier molecular flexibility index (Phi) is 6.21. The number of alkyl carbamates (subject to hydrolysis) is 1. The lowest BCUT2D eigenvalue weighted by Crippen LogP contribution is -2.41. The number of carbonyl (C=O) groups excluding carboxylic acids is 1. The van der Waals surface area contributed by atoms with Crippen molar-refractivity contribution >= 4 is 6.09 Å². The highest BCUT2D eigenvalue weighted by atomic mass is 16.6. The van der Waals surface area contributed by atoms with Crippen LogP contribution >= 0.6 is 0 Å². The molecule has 0 radical (unpaired) electrons. The van der Waals surface area contributed by atoms with Gasteiger partial charge in [0.05, 0.1) is 0 Å². The van der Waals surface area contributed by atoms with E-state index in [2.05, 4.69) is 48.7 Å². The topological polar surface area (TPSA) is 50.4 Å². The number of aryl methyl sites for hydroxylation is 1. The van der Waals surface area contributed by atoms with Gasteiger partial charge in [0.25, 0.3) is 0 Å². The molecule has 4 nitrogen and oxygen atoms in total. The van der Waals surface area contributed by atoms with Crippen LogP contribution in [0.3, 0.4) is 0 Å². The van der Waals surface area contributed by atoms with Gasteiger partial charge in [-0.2, -0.15) is 0 Å². The Labute approximate surface area is 128 Å². The van der Waals surface area contributed by atoms with Gasteiger partial charge in [0.1, 0.15) is 5.60 Å². The molecule has 0 aliphatic heterocycles. The molecule has 0 aromatic heterocycles. The summed E-state index contributed by atoms with van der Waals surface area (Å²) in [5.74, 6) is 0. The average Bonchev–Trinajstić information content (AvgIpc) is 2.34. The minimum Gasteiger partial charge on any atom is -0.444 e. The van der Waals surface area contributed by atoms with Crippen LogP contribution in [0.2, 0.25) is 0 Å². The van der Waals surface area contributed by atoms with Gasteiger partial charge in [0.2, 0.25) is 0 Å². The third kappa shape index (κ3) is 7.14. The van der Waals surface area contributed by atoms with Crippen molar-refractivity contribution in [3.8, 4) is 0 Å². The average molecular weight is 292 g/mol. The Morgan fingerprint density at radius 3 is 2.52 bits per heavy atom. The molecule has 0 spiro atoms. The first-order chi connectivity index (χ1) is 9.67. The van der Waals surface area contributed by atoms with E-state index in [1.165, 1.54) is 11.1 Å². The molecular formula is C17H28N2O2. The first-order valence-electron chi connectivity index (χ1n) is 7.47.